The lowest BCUT2D eigenvalue weighted by Gasteiger charge is -2.28. The van der Waals surface area contributed by atoms with Crippen LogP contribution >= 0.6 is 11.3 Å². The molecule has 0 bridgehead atoms. The van der Waals surface area contributed by atoms with Crippen LogP contribution in [0.25, 0.3) is 0 Å². The van der Waals surface area contributed by atoms with Gasteiger partial charge < -0.3 is 15.3 Å². The van der Waals surface area contributed by atoms with Gasteiger partial charge in [-0.1, -0.05) is 11.8 Å². The summed E-state index contributed by atoms with van der Waals surface area (Å²) in [5.74, 6) is 6.07. The van der Waals surface area contributed by atoms with Crippen molar-refractivity contribution in [3.63, 3.8) is 0 Å². The summed E-state index contributed by atoms with van der Waals surface area (Å²) in [5, 5.41) is 11.8. The van der Waals surface area contributed by atoms with Crippen molar-refractivity contribution in [1.82, 2.24) is 10.2 Å². The predicted molar refractivity (Wildman–Crippen MR) is 85.6 cm³/mol. The lowest BCUT2D eigenvalue weighted by Crippen LogP contribution is -2.36. The van der Waals surface area contributed by atoms with Crippen LogP contribution in [-0.2, 0) is 0 Å². The number of likely N-dealkylation sites (tertiary alicyclic amines) is 1. The van der Waals surface area contributed by atoms with Crippen LogP contribution in [-0.4, -0.2) is 49.2 Å². The molecule has 1 saturated heterocycles. The molecule has 1 aromatic rings. The third-order valence-corrected chi connectivity index (χ3v) is 4.96. The Morgan fingerprint density at radius 2 is 2.24 bits per heavy atom. The van der Waals surface area contributed by atoms with E-state index in [4.69, 9.17) is 5.11 Å². The number of aliphatic hydroxyl groups excluding tert-OH is 1. The van der Waals surface area contributed by atoms with E-state index in [0.717, 1.165) is 42.9 Å². The van der Waals surface area contributed by atoms with Gasteiger partial charge in [-0.25, -0.2) is 0 Å². The van der Waals surface area contributed by atoms with E-state index < -0.39 is 0 Å². The molecule has 1 aliphatic heterocycles. The minimum atomic E-state index is -0.158. The number of hydrogen-bond donors (Lipinski definition) is 2. The van der Waals surface area contributed by atoms with E-state index in [9.17, 15) is 4.79 Å². The van der Waals surface area contributed by atoms with Gasteiger partial charge in [0.15, 0.2) is 0 Å². The summed E-state index contributed by atoms with van der Waals surface area (Å²) in [7, 11) is 2.14. The number of carbonyl (C=O) groups is 1. The Morgan fingerprint density at radius 1 is 1.52 bits per heavy atom. The topological polar surface area (TPSA) is 52.6 Å². The zero-order chi connectivity index (χ0) is 15.2. The van der Waals surface area contributed by atoms with E-state index in [0.29, 0.717) is 10.8 Å². The maximum Gasteiger partial charge on any atom is 0.261 e. The molecule has 0 saturated carbocycles. The molecule has 5 heteroatoms. The van der Waals surface area contributed by atoms with Crippen molar-refractivity contribution in [2.75, 3.05) is 33.3 Å². The molecular weight excluding hydrogens is 284 g/mol. The number of carbonyl (C=O) groups excluding carboxylic acids is 1. The molecule has 4 nitrogen and oxygen atoms in total. The number of aryl methyl sites for hydroxylation is 1. The third-order valence-electron chi connectivity index (χ3n) is 3.81. The van der Waals surface area contributed by atoms with Gasteiger partial charge in [0.1, 0.15) is 6.61 Å². The number of piperidine rings is 1. The minimum absolute atomic E-state index is 0.0147. The van der Waals surface area contributed by atoms with Crippen molar-refractivity contribution in [3.05, 3.63) is 21.4 Å². The van der Waals surface area contributed by atoms with Crippen molar-refractivity contribution in [2.24, 2.45) is 5.92 Å². The van der Waals surface area contributed by atoms with Crippen LogP contribution in [0.2, 0.25) is 0 Å². The molecule has 0 aromatic carbocycles. The number of hydrogen-bond acceptors (Lipinski definition) is 4. The molecule has 0 spiro atoms. The Hall–Kier alpha value is -1.35. The number of aliphatic hydroxyl groups is 1. The maximum atomic E-state index is 12.2. The highest BCUT2D eigenvalue weighted by Crippen LogP contribution is 2.21. The van der Waals surface area contributed by atoms with Gasteiger partial charge in [0.25, 0.3) is 5.91 Å². The van der Waals surface area contributed by atoms with Crippen LogP contribution in [0.1, 0.15) is 33.0 Å². The molecule has 0 atom stereocenters. The van der Waals surface area contributed by atoms with Gasteiger partial charge in [-0.2, -0.15) is 0 Å². The Balaban J connectivity index is 1.88. The smallest absolute Gasteiger partial charge is 0.261 e. The monoisotopic (exact) mass is 306 g/mol. The first-order valence-electron chi connectivity index (χ1n) is 7.27. The van der Waals surface area contributed by atoms with Gasteiger partial charge in [-0.05, 0) is 57.5 Å². The van der Waals surface area contributed by atoms with Gasteiger partial charge in [0.2, 0.25) is 0 Å². The molecule has 1 amide bonds. The Bertz CT molecular complexity index is 548. The zero-order valence-electron chi connectivity index (χ0n) is 12.6. The molecule has 2 heterocycles. The lowest BCUT2D eigenvalue weighted by atomic mass is 9.97. The Labute approximate surface area is 130 Å². The second-order valence-electron chi connectivity index (χ2n) is 5.54. The van der Waals surface area contributed by atoms with Crippen LogP contribution in [0.15, 0.2) is 6.07 Å². The van der Waals surface area contributed by atoms with Crippen LogP contribution in [0.3, 0.4) is 0 Å². The molecule has 0 radical (unpaired) electrons. The first-order chi connectivity index (χ1) is 10.1. The highest BCUT2D eigenvalue weighted by molar-refractivity contribution is 7.14. The predicted octanol–water partition coefficient (Wildman–Crippen LogP) is 1.47. The van der Waals surface area contributed by atoms with E-state index in [2.05, 4.69) is 29.1 Å². The molecule has 2 N–H and O–H groups in total. The fourth-order valence-electron chi connectivity index (χ4n) is 2.43. The fraction of sp³-hybridized carbons (Fsp3) is 0.562. The molecule has 1 aromatic heterocycles. The first-order valence-corrected chi connectivity index (χ1v) is 8.08. The van der Waals surface area contributed by atoms with Crippen molar-refractivity contribution in [2.45, 2.75) is 19.8 Å². The van der Waals surface area contributed by atoms with Crippen molar-refractivity contribution in [1.29, 1.82) is 0 Å². The van der Waals surface area contributed by atoms with Gasteiger partial charge >= 0.3 is 0 Å². The summed E-state index contributed by atoms with van der Waals surface area (Å²) in [5.41, 5.74) is 0.991. The fourth-order valence-corrected chi connectivity index (χ4v) is 3.39. The number of amides is 1. The molecular formula is C16H22N2O2S. The normalized spacial score (nSPS) is 16.3. The number of nitrogens with zero attached hydrogens (tertiary/aromatic N) is 1. The lowest BCUT2D eigenvalue weighted by molar-refractivity contribution is 0.0943. The number of rotatable bonds is 3. The van der Waals surface area contributed by atoms with E-state index in [1.807, 2.05) is 13.0 Å². The molecule has 0 aliphatic carbocycles. The van der Waals surface area contributed by atoms with Crippen LogP contribution < -0.4 is 5.32 Å². The average molecular weight is 306 g/mol. The minimum Gasteiger partial charge on any atom is -0.384 e. The molecule has 2 rings (SSSR count). The molecule has 114 valence electrons. The second-order valence-corrected chi connectivity index (χ2v) is 6.59. The Morgan fingerprint density at radius 3 is 2.90 bits per heavy atom. The highest BCUT2D eigenvalue weighted by atomic mass is 32.1. The summed E-state index contributed by atoms with van der Waals surface area (Å²) in [6, 6.07) is 1.87. The Kier molecular flexibility index (Phi) is 5.80. The van der Waals surface area contributed by atoms with Crippen LogP contribution in [0.5, 0.6) is 0 Å². The second kappa shape index (κ2) is 7.60. The SMILES string of the molecule is Cc1cc(C(=O)NCC2CCN(C)CC2)sc1C#CCO. The van der Waals surface area contributed by atoms with Gasteiger partial charge in [-0.15, -0.1) is 11.3 Å². The molecule has 21 heavy (non-hydrogen) atoms. The number of thiophene rings is 1. The van der Waals surface area contributed by atoms with E-state index in [1.54, 1.807) is 0 Å². The van der Waals surface area contributed by atoms with Gasteiger partial charge in [0.05, 0.1) is 9.75 Å². The quantitative estimate of drug-likeness (QED) is 0.832. The summed E-state index contributed by atoms with van der Waals surface area (Å²) < 4.78 is 0. The van der Waals surface area contributed by atoms with Gasteiger partial charge in [-0.3, -0.25) is 4.79 Å². The molecule has 1 fully saturated rings. The maximum absolute atomic E-state index is 12.2. The number of nitrogens with one attached hydrogen (secondary N) is 1. The third kappa shape index (κ3) is 4.57. The largest absolute Gasteiger partial charge is 0.384 e. The summed E-state index contributed by atoms with van der Waals surface area (Å²) in [4.78, 5) is 16.1. The highest BCUT2D eigenvalue weighted by Gasteiger charge is 2.18. The summed E-state index contributed by atoms with van der Waals surface area (Å²) >= 11 is 1.39. The summed E-state index contributed by atoms with van der Waals surface area (Å²) in [6.45, 7) is 4.75. The summed E-state index contributed by atoms with van der Waals surface area (Å²) in [6.07, 6.45) is 2.29. The van der Waals surface area contributed by atoms with Crippen LogP contribution in [0.4, 0.5) is 0 Å². The first kappa shape index (κ1) is 16.0. The molecule has 1 aliphatic rings. The van der Waals surface area contributed by atoms with Crippen molar-refractivity contribution in [3.8, 4) is 11.8 Å². The molecule has 0 unspecified atom stereocenters. The van der Waals surface area contributed by atoms with E-state index in [-0.39, 0.29) is 12.5 Å². The average Bonchev–Trinajstić information content (AvgIpc) is 2.85. The van der Waals surface area contributed by atoms with Gasteiger partial charge in [0, 0.05) is 6.54 Å². The van der Waals surface area contributed by atoms with E-state index in [1.165, 1.54) is 11.3 Å². The van der Waals surface area contributed by atoms with Crippen molar-refractivity contribution >= 4 is 17.2 Å². The van der Waals surface area contributed by atoms with Crippen molar-refractivity contribution < 1.29 is 9.90 Å². The van der Waals surface area contributed by atoms with Crippen LogP contribution in [0, 0.1) is 24.7 Å². The standard InChI is InChI=1S/C16H22N2O2S/c1-12-10-15(21-14(12)4-3-9-19)16(20)17-11-13-5-7-18(2)8-6-13/h10,13,19H,5-9,11H2,1-2H3,(H,17,20). The van der Waals surface area contributed by atoms with E-state index >= 15 is 0 Å². The zero-order valence-corrected chi connectivity index (χ0v) is 13.4.